The first-order valence-electron chi connectivity index (χ1n) is 7.07. The molecule has 3 nitrogen and oxygen atoms in total. The Morgan fingerprint density at radius 1 is 1.35 bits per heavy atom. The van der Waals surface area contributed by atoms with Crippen molar-refractivity contribution in [3.05, 3.63) is 33.8 Å². The molecule has 1 aliphatic carbocycles. The molecule has 1 saturated carbocycles. The largest absolute Gasteiger partial charge is 0.338 e. The monoisotopic (exact) mass is 312 g/mol. The van der Waals surface area contributed by atoms with Crippen molar-refractivity contribution in [2.75, 3.05) is 13.1 Å². The number of halogens is 2. The minimum Gasteiger partial charge on any atom is -0.338 e. The third-order valence-electron chi connectivity index (χ3n) is 4.41. The molecule has 0 spiro atoms. The molecule has 1 aromatic carbocycles. The van der Waals surface area contributed by atoms with Gasteiger partial charge in [-0.1, -0.05) is 29.3 Å². The summed E-state index contributed by atoms with van der Waals surface area (Å²) in [4.78, 5) is 14.5. The fourth-order valence-corrected chi connectivity index (χ4v) is 3.47. The summed E-state index contributed by atoms with van der Waals surface area (Å²) in [6.07, 6.45) is 3.01. The molecule has 20 heavy (non-hydrogen) atoms. The quantitative estimate of drug-likeness (QED) is 0.932. The molecule has 1 aromatic rings. The van der Waals surface area contributed by atoms with Crippen LogP contribution in [-0.4, -0.2) is 29.9 Å². The molecule has 1 aliphatic heterocycles. The number of hydrogen-bond donors (Lipinski definition) is 1. The van der Waals surface area contributed by atoms with E-state index in [0.29, 0.717) is 16.6 Å². The Balaban J connectivity index is 1.69. The van der Waals surface area contributed by atoms with Gasteiger partial charge in [0, 0.05) is 25.0 Å². The van der Waals surface area contributed by atoms with Gasteiger partial charge in [0.15, 0.2) is 0 Å². The van der Waals surface area contributed by atoms with Gasteiger partial charge in [0.05, 0.1) is 10.0 Å². The van der Waals surface area contributed by atoms with Crippen LogP contribution in [0.3, 0.4) is 0 Å². The third kappa shape index (κ3) is 2.54. The molecule has 1 saturated heterocycles. The Hall–Kier alpha value is -0.770. The van der Waals surface area contributed by atoms with Crippen LogP contribution in [0.5, 0.6) is 0 Å². The molecule has 1 heterocycles. The van der Waals surface area contributed by atoms with E-state index in [-0.39, 0.29) is 23.8 Å². The molecule has 3 rings (SSSR count). The molecule has 3 atom stereocenters. The summed E-state index contributed by atoms with van der Waals surface area (Å²) in [5.41, 5.74) is 6.85. The van der Waals surface area contributed by atoms with E-state index in [1.54, 1.807) is 6.07 Å². The van der Waals surface area contributed by atoms with E-state index in [2.05, 4.69) is 0 Å². The van der Waals surface area contributed by atoms with Crippen LogP contribution in [0.4, 0.5) is 0 Å². The lowest BCUT2D eigenvalue weighted by atomic mass is 10.1. The minimum absolute atomic E-state index is 0.0967. The second-order valence-corrected chi connectivity index (χ2v) is 6.50. The second kappa shape index (κ2) is 5.55. The second-order valence-electron chi connectivity index (χ2n) is 5.69. The zero-order valence-corrected chi connectivity index (χ0v) is 12.7. The van der Waals surface area contributed by atoms with Crippen molar-refractivity contribution in [2.45, 2.75) is 31.2 Å². The molecular weight excluding hydrogens is 295 g/mol. The highest BCUT2D eigenvalue weighted by Crippen LogP contribution is 2.49. The van der Waals surface area contributed by atoms with Crippen molar-refractivity contribution in [3.8, 4) is 0 Å². The number of carbonyl (C=O) groups is 1. The molecular formula is C15H18Cl2N2O. The van der Waals surface area contributed by atoms with Crippen molar-refractivity contribution in [3.63, 3.8) is 0 Å². The maximum absolute atomic E-state index is 12.5. The maximum atomic E-state index is 12.5. The van der Waals surface area contributed by atoms with Gasteiger partial charge in [0.25, 0.3) is 0 Å². The van der Waals surface area contributed by atoms with E-state index in [4.69, 9.17) is 28.9 Å². The lowest BCUT2D eigenvalue weighted by molar-refractivity contribution is -0.133. The first kappa shape index (κ1) is 14.2. The summed E-state index contributed by atoms with van der Waals surface area (Å²) in [7, 11) is 0. The van der Waals surface area contributed by atoms with Crippen molar-refractivity contribution in [1.82, 2.24) is 4.90 Å². The Bertz CT molecular complexity index is 535. The van der Waals surface area contributed by atoms with Crippen molar-refractivity contribution >= 4 is 29.1 Å². The summed E-state index contributed by atoms with van der Waals surface area (Å²) in [5.74, 6) is 0.643. The topological polar surface area (TPSA) is 46.3 Å². The first-order valence-corrected chi connectivity index (χ1v) is 7.83. The van der Waals surface area contributed by atoms with Gasteiger partial charge in [-0.3, -0.25) is 4.79 Å². The molecule has 0 radical (unpaired) electrons. The summed E-state index contributed by atoms with van der Waals surface area (Å²) in [5, 5.41) is 1.12. The predicted molar refractivity (Wildman–Crippen MR) is 81.1 cm³/mol. The Morgan fingerprint density at radius 2 is 2.15 bits per heavy atom. The molecule has 0 bridgehead atoms. The lowest BCUT2D eigenvalue weighted by Gasteiger charge is -2.23. The average Bonchev–Trinajstić information content (AvgIpc) is 3.10. The minimum atomic E-state index is 0.0967. The van der Waals surface area contributed by atoms with Gasteiger partial charge >= 0.3 is 0 Å². The van der Waals surface area contributed by atoms with Crippen LogP contribution in [0, 0.1) is 5.92 Å². The van der Waals surface area contributed by atoms with E-state index >= 15 is 0 Å². The number of nitrogens with two attached hydrogens (primary N) is 1. The number of amides is 1. The van der Waals surface area contributed by atoms with E-state index in [1.807, 2.05) is 17.0 Å². The van der Waals surface area contributed by atoms with Crippen LogP contribution in [0.15, 0.2) is 18.2 Å². The van der Waals surface area contributed by atoms with Crippen LogP contribution >= 0.6 is 23.2 Å². The summed E-state index contributed by atoms with van der Waals surface area (Å²) < 4.78 is 0. The Kier molecular flexibility index (Phi) is 3.93. The standard InChI is InChI=1S/C15H18Cl2N2O/c16-13-4-3-9(6-14(13)17)11-7-12(11)15(20)19-5-1-2-10(19)8-18/h3-4,6,10-12H,1-2,5,7-8,18H2/t10-,11-,12+/m0/s1. The zero-order chi connectivity index (χ0) is 14.3. The van der Waals surface area contributed by atoms with Gasteiger partial charge in [-0.15, -0.1) is 0 Å². The van der Waals surface area contributed by atoms with Gasteiger partial charge in [0.2, 0.25) is 5.91 Å². The van der Waals surface area contributed by atoms with Crippen molar-refractivity contribution in [2.24, 2.45) is 11.7 Å². The summed E-state index contributed by atoms with van der Waals surface area (Å²) in [6, 6.07) is 5.89. The number of hydrogen-bond acceptors (Lipinski definition) is 2. The van der Waals surface area contributed by atoms with Crippen molar-refractivity contribution in [1.29, 1.82) is 0 Å². The Labute approximate surface area is 129 Å². The highest BCUT2D eigenvalue weighted by Gasteiger charge is 2.47. The third-order valence-corrected chi connectivity index (χ3v) is 5.15. The SMILES string of the molecule is NC[C@@H]1CCCN1C(=O)[C@@H]1C[C@H]1c1ccc(Cl)c(Cl)c1. The van der Waals surface area contributed by atoms with Gasteiger partial charge in [-0.05, 0) is 42.9 Å². The maximum Gasteiger partial charge on any atom is 0.226 e. The number of carbonyl (C=O) groups excluding carboxylic acids is 1. The molecule has 108 valence electrons. The molecule has 1 amide bonds. The fourth-order valence-electron chi connectivity index (χ4n) is 3.16. The van der Waals surface area contributed by atoms with Crippen LogP contribution < -0.4 is 5.73 Å². The summed E-state index contributed by atoms with van der Waals surface area (Å²) >= 11 is 12.0. The molecule has 2 N–H and O–H groups in total. The van der Waals surface area contributed by atoms with Crippen LogP contribution in [-0.2, 0) is 4.79 Å². The molecule has 5 heteroatoms. The van der Waals surface area contributed by atoms with E-state index in [1.165, 1.54) is 0 Å². The molecule has 0 unspecified atom stereocenters. The van der Waals surface area contributed by atoms with E-state index in [0.717, 1.165) is 31.4 Å². The highest BCUT2D eigenvalue weighted by molar-refractivity contribution is 6.42. The van der Waals surface area contributed by atoms with Crippen molar-refractivity contribution < 1.29 is 4.79 Å². The number of nitrogens with zero attached hydrogens (tertiary/aromatic N) is 1. The molecule has 0 aromatic heterocycles. The highest BCUT2D eigenvalue weighted by atomic mass is 35.5. The molecule has 2 fully saturated rings. The van der Waals surface area contributed by atoms with Crippen LogP contribution in [0.25, 0.3) is 0 Å². The average molecular weight is 313 g/mol. The van der Waals surface area contributed by atoms with Gasteiger partial charge < -0.3 is 10.6 Å². The zero-order valence-electron chi connectivity index (χ0n) is 11.2. The number of likely N-dealkylation sites (tertiary alicyclic amines) is 1. The van der Waals surface area contributed by atoms with Gasteiger partial charge in [-0.25, -0.2) is 0 Å². The number of rotatable bonds is 3. The normalized spacial score (nSPS) is 28.8. The smallest absolute Gasteiger partial charge is 0.226 e. The van der Waals surface area contributed by atoms with Gasteiger partial charge in [-0.2, -0.15) is 0 Å². The van der Waals surface area contributed by atoms with Gasteiger partial charge in [0.1, 0.15) is 0 Å². The van der Waals surface area contributed by atoms with Crippen LogP contribution in [0.1, 0.15) is 30.7 Å². The first-order chi connectivity index (χ1) is 9.61. The predicted octanol–water partition coefficient (Wildman–Crippen LogP) is 3.05. The Morgan fingerprint density at radius 3 is 2.85 bits per heavy atom. The lowest BCUT2D eigenvalue weighted by Crippen LogP contribution is -2.40. The molecule has 2 aliphatic rings. The fraction of sp³-hybridized carbons (Fsp3) is 0.533. The number of benzene rings is 1. The van der Waals surface area contributed by atoms with E-state index in [9.17, 15) is 4.79 Å². The van der Waals surface area contributed by atoms with Crippen LogP contribution in [0.2, 0.25) is 10.0 Å². The summed E-state index contributed by atoms with van der Waals surface area (Å²) in [6.45, 7) is 1.42. The van der Waals surface area contributed by atoms with E-state index < -0.39 is 0 Å².